The molecule has 0 amide bonds. The molecule has 3 rings (SSSR count). The summed E-state index contributed by atoms with van der Waals surface area (Å²) >= 11 is 0. The van der Waals surface area contributed by atoms with E-state index in [1.807, 2.05) is 36.4 Å². The molecule has 7 heteroatoms. The Labute approximate surface area is 158 Å². The Morgan fingerprint density at radius 1 is 1.00 bits per heavy atom. The van der Waals surface area contributed by atoms with Gasteiger partial charge in [0.25, 0.3) is 0 Å². The molecule has 2 aromatic carbocycles. The van der Waals surface area contributed by atoms with Crippen molar-refractivity contribution >= 4 is 10.0 Å². The minimum Gasteiger partial charge on any atom is -0.467 e. The Morgan fingerprint density at radius 3 is 2.59 bits per heavy atom. The maximum Gasteiger partial charge on any atom is 0.240 e. The normalized spacial score (nSPS) is 11.2. The van der Waals surface area contributed by atoms with Crippen LogP contribution in [0.15, 0.2) is 76.2 Å². The number of hydrogen-bond donors (Lipinski definition) is 1. The van der Waals surface area contributed by atoms with E-state index in [9.17, 15) is 8.42 Å². The summed E-state index contributed by atoms with van der Waals surface area (Å²) in [6.07, 6.45) is 1.59. The Bertz CT molecular complexity index is 1040. The second-order valence-corrected chi connectivity index (χ2v) is 7.62. The summed E-state index contributed by atoms with van der Waals surface area (Å²) in [5.74, 6) is 0.749. The van der Waals surface area contributed by atoms with E-state index in [1.165, 1.54) is 12.1 Å². The Morgan fingerprint density at radius 2 is 1.81 bits per heavy atom. The smallest absolute Gasteiger partial charge is 0.240 e. The van der Waals surface area contributed by atoms with Gasteiger partial charge < -0.3 is 9.15 Å². The molecular weight excluding hydrogens is 364 g/mol. The summed E-state index contributed by atoms with van der Waals surface area (Å²) in [5, 5.41) is 8.91. The molecule has 0 atom stereocenters. The zero-order chi connectivity index (χ0) is 19.1. The second-order valence-electron chi connectivity index (χ2n) is 5.86. The molecule has 3 aromatic rings. The molecule has 0 radical (unpaired) electrons. The van der Waals surface area contributed by atoms with E-state index in [2.05, 4.69) is 4.72 Å². The highest BCUT2D eigenvalue weighted by Gasteiger charge is 2.14. The van der Waals surface area contributed by atoms with Crippen LogP contribution in [0.5, 0.6) is 0 Å². The van der Waals surface area contributed by atoms with Gasteiger partial charge in [-0.3, -0.25) is 0 Å². The van der Waals surface area contributed by atoms with Crippen LogP contribution in [-0.2, 0) is 34.5 Å². The molecule has 0 aliphatic rings. The van der Waals surface area contributed by atoms with E-state index in [-0.39, 0.29) is 11.4 Å². The summed E-state index contributed by atoms with van der Waals surface area (Å²) in [4.78, 5) is 0.0690. The van der Waals surface area contributed by atoms with Gasteiger partial charge in [-0.1, -0.05) is 30.3 Å². The predicted octanol–water partition coefficient (Wildman–Crippen LogP) is 3.35. The quantitative estimate of drug-likeness (QED) is 0.645. The molecule has 0 fully saturated rings. The molecule has 0 aliphatic heterocycles. The molecule has 0 spiro atoms. The molecule has 0 unspecified atom stereocenters. The highest BCUT2D eigenvalue weighted by atomic mass is 32.2. The third kappa shape index (κ3) is 5.28. The van der Waals surface area contributed by atoms with Crippen LogP contribution in [0.25, 0.3) is 0 Å². The fraction of sp³-hybridized carbons (Fsp3) is 0.150. The third-order valence-electron chi connectivity index (χ3n) is 3.82. The number of nitriles is 1. The van der Waals surface area contributed by atoms with Gasteiger partial charge in [-0.25, -0.2) is 13.1 Å². The number of sulfonamides is 1. The topological polar surface area (TPSA) is 92.3 Å². The number of furan rings is 1. The first-order valence-corrected chi connectivity index (χ1v) is 9.73. The van der Waals surface area contributed by atoms with Gasteiger partial charge in [-0.15, -0.1) is 0 Å². The maximum atomic E-state index is 12.4. The van der Waals surface area contributed by atoms with Gasteiger partial charge in [0.05, 0.1) is 29.4 Å². The minimum absolute atomic E-state index is 0.0690. The first-order chi connectivity index (χ1) is 13.1. The fourth-order valence-electron chi connectivity index (χ4n) is 2.49. The van der Waals surface area contributed by atoms with Crippen LogP contribution >= 0.6 is 0 Å². The number of rotatable bonds is 8. The van der Waals surface area contributed by atoms with Crippen LogP contribution in [0.3, 0.4) is 0 Å². The lowest BCUT2D eigenvalue weighted by Gasteiger charge is -2.09. The van der Waals surface area contributed by atoms with Gasteiger partial charge in [0.1, 0.15) is 12.4 Å². The van der Waals surface area contributed by atoms with Gasteiger partial charge in [-0.2, -0.15) is 5.26 Å². The molecule has 1 aromatic heterocycles. The van der Waals surface area contributed by atoms with E-state index in [0.717, 1.165) is 16.9 Å². The molecular formula is C20H18N2O4S. The van der Waals surface area contributed by atoms with Gasteiger partial charge in [0.2, 0.25) is 10.0 Å². The summed E-state index contributed by atoms with van der Waals surface area (Å²) in [6, 6.07) is 19.0. The minimum atomic E-state index is -3.70. The molecule has 0 saturated carbocycles. The van der Waals surface area contributed by atoms with E-state index in [1.54, 1.807) is 24.5 Å². The molecule has 138 valence electrons. The number of hydrogen-bond acceptors (Lipinski definition) is 5. The Hall–Kier alpha value is -2.92. The maximum absolute atomic E-state index is 12.4. The van der Waals surface area contributed by atoms with Crippen molar-refractivity contribution in [3.63, 3.8) is 0 Å². The van der Waals surface area contributed by atoms with Gasteiger partial charge in [0.15, 0.2) is 0 Å². The fourth-order valence-corrected chi connectivity index (χ4v) is 3.55. The van der Waals surface area contributed by atoms with Crippen LogP contribution in [-0.4, -0.2) is 8.42 Å². The van der Waals surface area contributed by atoms with Crippen molar-refractivity contribution in [1.29, 1.82) is 5.26 Å². The molecule has 0 saturated heterocycles. The number of ether oxygens (including phenoxy) is 1. The molecule has 0 aliphatic carbocycles. The summed E-state index contributed by atoms with van der Waals surface area (Å²) < 4.78 is 38.2. The van der Waals surface area contributed by atoms with Crippen molar-refractivity contribution in [3.05, 3.63) is 89.4 Å². The van der Waals surface area contributed by atoms with E-state index in [4.69, 9.17) is 14.4 Å². The number of nitrogens with one attached hydrogen (secondary N) is 1. The van der Waals surface area contributed by atoms with Crippen molar-refractivity contribution in [1.82, 2.24) is 4.72 Å². The molecule has 27 heavy (non-hydrogen) atoms. The lowest BCUT2D eigenvalue weighted by Crippen LogP contribution is -2.23. The summed E-state index contributed by atoms with van der Waals surface area (Å²) in [6.45, 7) is 0.912. The predicted molar refractivity (Wildman–Crippen MR) is 98.8 cm³/mol. The van der Waals surface area contributed by atoms with Crippen molar-refractivity contribution in [2.24, 2.45) is 0 Å². The van der Waals surface area contributed by atoms with Gasteiger partial charge in [0, 0.05) is 6.54 Å². The van der Waals surface area contributed by atoms with E-state index in [0.29, 0.717) is 18.8 Å². The average Bonchev–Trinajstić information content (AvgIpc) is 3.20. The Balaban J connectivity index is 1.59. The SMILES string of the molecule is N#Cc1cccc(S(=O)(=O)NCc2cccc(COCc3ccco3)c2)c1. The van der Waals surface area contributed by atoms with Crippen molar-refractivity contribution in [2.75, 3.05) is 0 Å². The van der Waals surface area contributed by atoms with Crippen LogP contribution < -0.4 is 4.72 Å². The van der Waals surface area contributed by atoms with Crippen molar-refractivity contribution < 1.29 is 17.6 Å². The van der Waals surface area contributed by atoms with Crippen LogP contribution in [0.2, 0.25) is 0 Å². The zero-order valence-corrected chi connectivity index (χ0v) is 15.3. The molecule has 0 bridgehead atoms. The van der Waals surface area contributed by atoms with Crippen molar-refractivity contribution in [3.8, 4) is 6.07 Å². The first kappa shape index (κ1) is 18.9. The number of benzene rings is 2. The van der Waals surface area contributed by atoms with Crippen molar-refractivity contribution in [2.45, 2.75) is 24.7 Å². The standard InChI is InChI=1S/C20H18N2O4S/c21-12-16-4-2-8-20(11-16)27(23,24)22-13-17-5-1-6-18(10-17)14-25-15-19-7-3-9-26-19/h1-11,22H,13-15H2. The zero-order valence-electron chi connectivity index (χ0n) is 14.5. The van der Waals surface area contributed by atoms with E-state index >= 15 is 0 Å². The highest BCUT2D eigenvalue weighted by molar-refractivity contribution is 7.89. The Kier molecular flexibility index (Phi) is 6.04. The monoisotopic (exact) mass is 382 g/mol. The molecule has 1 N–H and O–H groups in total. The molecule has 6 nitrogen and oxygen atoms in total. The average molecular weight is 382 g/mol. The van der Waals surface area contributed by atoms with Gasteiger partial charge in [-0.05, 0) is 41.5 Å². The first-order valence-electron chi connectivity index (χ1n) is 8.24. The highest BCUT2D eigenvalue weighted by Crippen LogP contribution is 2.13. The third-order valence-corrected chi connectivity index (χ3v) is 5.22. The van der Waals surface area contributed by atoms with E-state index < -0.39 is 10.0 Å². The summed E-state index contributed by atoms with van der Waals surface area (Å²) in [7, 11) is -3.70. The van der Waals surface area contributed by atoms with Crippen LogP contribution in [0, 0.1) is 11.3 Å². The van der Waals surface area contributed by atoms with Crippen LogP contribution in [0.4, 0.5) is 0 Å². The lowest BCUT2D eigenvalue weighted by atomic mass is 10.1. The number of nitrogens with zero attached hydrogens (tertiary/aromatic N) is 1. The molecule has 1 heterocycles. The summed E-state index contributed by atoms with van der Waals surface area (Å²) in [5.41, 5.74) is 2.05. The van der Waals surface area contributed by atoms with Gasteiger partial charge >= 0.3 is 0 Å². The second kappa shape index (κ2) is 8.64. The van der Waals surface area contributed by atoms with Crippen LogP contribution in [0.1, 0.15) is 22.5 Å². The lowest BCUT2D eigenvalue weighted by molar-refractivity contribution is 0.0929. The largest absolute Gasteiger partial charge is 0.467 e.